The van der Waals surface area contributed by atoms with Crippen molar-refractivity contribution in [3.8, 4) is 17.0 Å². The topological polar surface area (TPSA) is 77.2 Å². The second kappa shape index (κ2) is 7.94. The van der Waals surface area contributed by atoms with E-state index in [-0.39, 0.29) is 23.5 Å². The number of hydrogen-bond donors (Lipinski definition) is 1. The summed E-state index contributed by atoms with van der Waals surface area (Å²) in [5.74, 6) is 0.115. The smallest absolute Gasteiger partial charge is 0.259 e. The van der Waals surface area contributed by atoms with Gasteiger partial charge < -0.3 is 14.6 Å². The van der Waals surface area contributed by atoms with Crippen LogP contribution < -0.4 is 10.1 Å². The van der Waals surface area contributed by atoms with Crippen LogP contribution in [0.25, 0.3) is 22.4 Å². The summed E-state index contributed by atoms with van der Waals surface area (Å²) in [5, 5.41) is 7.58. The van der Waals surface area contributed by atoms with Crippen molar-refractivity contribution in [2.24, 2.45) is 0 Å². The fourth-order valence-electron chi connectivity index (χ4n) is 3.31. The minimum absolute atomic E-state index is 0.235. The Kier molecular flexibility index (Phi) is 5.18. The van der Waals surface area contributed by atoms with Gasteiger partial charge in [0.1, 0.15) is 17.3 Å². The van der Waals surface area contributed by atoms with Gasteiger partial charge in [0.15, 0.2) is 0 Å². The predicted molar refractivity (Wildman–Crippen MR) is 111 cm³/mol. The average Bonchev–Trinajstić information content (AvgIpc) is 3.17. The van der Waals surface area contributed by atoms with Crippen LogP contribution in [0.15, 0.2) is 59.1 Å². The number of pyridine rings is 1. The number of amides is 1. The highest BCUT2D eigenvalue weighted by atomic mass is 19.1. The van der Waals surface area contributed by atoms with Crippen molar-refractivity contribution < 1.29 is 18.4 Å². The third-order valence-corrected chi connectivity index (χ3v) is 4.90. The molecule has 1 amide bonds. The van der Waals surface area contributed by atoms with Crippen molar-refractivity contribution in [3.05, 3.63) is 77.2 Å². The highest BCUT2D eigenvalue weighted by molar-refractivity contribution is 6.09. The Bertz CT molecular complexity index is 1200. The van der Waals surface area contributed by atoms with E-state index in [1.165, 1.54) is 12.1 Å². The van der Waals surface area contributed by atoms with Gasteiger partial charge in [0, 0.05) is 11.3 Å². The molecule has 0 spiro atoms. The number of rotatable bonds is 5. The van der Waals surface area contributed by atoms with E-state index in [2.05, 4.69) is 15.5 Å². The van der Waals surface area contributed by atoms with Crippen molar-refractivity contribution in [2.45, 2.75) is 19.9 Å². The maximum Gasteiger partial charge on any atom is 0.259 e. The third-order valence-electron chi connectivity index (χ3n) is 4.90. The summed E-state index contributed by atoms with van der Waals surface area (Å²) in [6.45, 7) is 3.68. The largest absolute Gasteiger partial charge is 0.497 e. The lowest BCUT2D eigenvalue weighted by Gasteiger charge is -2.15. The monoisotopic (exact) mass is 405 g/mol. The molecule has 2 heterocycles. The van der Waals surface area contributed by atoms with Crippen molar-refractivity contribution in [3.63, 3.8) is 0 Å². The Balaban J connectivity index is 1.70. The van der Waals surface area contributed by atoms with Crippen LogP contribution >= 0.6 is 0 Å². The van der Waals surface area contributed by atoms with Crippen molar-refractivity contribution >= 4 is 17.0 Å². The highest BCUT2D eigenvalue weighted by Gasteiger charge is 2.22. The minimum Gasteiger partial charge on any atom is -0.497 e. The standard InChI is InChI=1S/C23H20FN3O3/c1-13-12-19(22(28)26-14(2)15-6-10-18(29-3)11-7-15)20-21(27-30-23(20)25-13)16-4-8-17(24)9-5-16/h4-12,14H,1-3H3,(H,26,28)/t14-/m1/s1. The van der Waals surface area contributed by atoms with E-state index in [9.17, 15) is 9.18 Å². The van der Waals surface area contributed by atoms with Gasteiger partial charge >= 0.3 is 0 Å². The van der Waals surface area contributed by atoms with E-state index < -0.39 is 0 Å². The maximum atomic E-state index is 13.3. The number of nitrogens with one attached hydrogen (secondary N) is 1. The second-order valence-electron chi connectivity index (χ2n) is 7.00. The molecule has 4 rings (SSSR count). The first kappa shape index (κ1) is 19.6. The Labute approximate surface area is 172 Å². The van der Waals surface area contributed by atoms with Gasteiger partial charge in [-0.2, -0.15) is 0 Å². The minimum atomic E-state index is -0.355. The van der Waals surface area contributed by atoms with E-state index in [0.29, 0.717) is 27.9 Å². The summed E-state index contributed by atoms with van der Waals surface area (Å²) in [5.41, 5.74) is 3.31. The number of methoxy groups -OCH3 is 1. The number of ether oxygens (including phenoxy) is 1. The first-order chi connectivity index (χ1) is 14.5. The number of aryl methyl sites for hydroxylation is 1. The number of aromatic nitrogens is 2. The lowest BCUT2D eigenvalue weighted by molar-refractivity contribution is 0.0941. The Hall–Kier alpha value is -3.74. The summed E-state index contributed by atoms with van der Waals surface area (Å²) >= 11 is 0. The quantitative estimate of drug-likeness (QED) is 0.514. The van der Waals surface area contributed by atoms with Crippen LogP contribution in [-0.4, -0.2) is 23.2 Å². The number of carbonyl (C=O) groups is 1. The number of hydrogen-bond acceptors (Lipinski definition) is 5. The fourth-order valence-corrected chi connectivity index (χ4v) is 3.31. The van der Waals surface area contributed by atoms with E-state index in [0.717, 1.165) is 11.3 Å². The van der Waals surface area contributed by atoms with E-state index in [1.807, 2.05) is 31.2 Å². The molecule has 6 nitrogen and oxygen atoms in total. The summed E-state index contributed by atoms with van der Waals surface area (Å²) in [6, 6.07) is 14.8. The van der Waals surface area contributed by atoms with E-state index in [4.69, 9.17) is 9.26 Å². The third kappa shape index (κ3) is 3.74. The number of halogens is 1. The van der Waals surface area contributed by atoms with Crippen LogP contribution in [0.2, 0.25) is 0 Å². The number of nitrogens with zero attached hydrogens (tertiary/aromatic N) is 2. The molecule has 0 saturated carbocycles. The zero-order chi connectivity index (χ0) is 21.3. The first-order valence-corrected chi connectivity index (χ1v) is 9.44. The molecule has 1 N–H and O–H groups in total. The summed E-state index contributed by atoms with van der Waals surface area (Å²) in [6.07, 6.45) is 0. The summed E-state index contributed by atoms with van der Waals surface area (Å²) < 4.78 is 23.9. The molecule has 30 heavy (non-hydrogen) atoms. The molecular weight excluding hydrogens is 385 g/mol. The van der Waals surface area contributed by atoms with Crippen molar-refractivity contribution in [1.29, 1.82) is 0 Å². The molecule has 0 radical (unpaired) electrons. The molecule has 0 saturated heterocycles. The van der Waals surface area contributed by atoms with Crippen molar-refractivity contribution in [2.75, 3.05) is 7.11 Å². The van der Waals surface area contributed by atoms with Gasteiger partial charge in [-0.15, -0.1) is 0 Å². The highest BCUT2D eigenvalue weighted by Crippen LogP contribution is 2.31. The maximum absolute atomic E-state index is 13.3. The van der Waals surface area contributed by atoms with Gasteiger partial charge in [-0.05, 0) is 61.9 Å². The lowest BCUT2D eigenvalue weighted by atomic mass is 10.0. The predicted octanol–water partition coefficient (Wildman–Crippen LogP) is 4.84. The zero-order valence-corrected chi connectivity index (χ0v) is 16.8. The molecule has 0 unspecified atom stereocenters. The Morgan fingerprint density at radius 2 is 1.83 bits per heavy atom. The van der Waals surface area contributed by atoms with Gasteiger partial charge in [0.25, 0.3) is 11.6 Å². The van der Waals surface area contributed by atoms with Crippen LogP contribution in [0.3, 0.4) is 0 Å². The zero-order valence-electron chi connectivity index (χ0n) is 16.8. The van der Waals surface area contributed by atoms with Gasteiger partial charge in [0.2, 0.25) is 0 Å². The van der Waals surface area contributed by atoms with Crippen LogP contribution in [0.1, 0.15) is 34.6 Å². The Morgan fingerprint density at radius 1 is 1.13 bits per heavy atom. The average molecular weight is 405 g/mol. The first-order valence-electron chi connectivity index (χ1n) is 9.44. The van der Waals surface area contributed by atoms with Gasteiger partial charge in [0.05, 0.1) is 24.1 Å². The molecule has 2 aromatic heterocycles. The van der Waals surface area contributed by atoms with Crippen molar-refractivity contribution in [1.82, 2.24) is 15.5 Å². The lowest BCUT2D eigenvalue weighted by Crippen LogP contribution is -2.27. The molecule has 0 aliphatic carbocycles. The normalized spacial score (nSPS) is 12.0. The summed E-state index contributed by atoms with van der Waals surface area (Å²) in [7, 11) is 1.61. The van der Waals surface area contributed by atoms with E-state index in [1.54, 1.807) is 32.2 Å². The van der Waals surface area contributed by atoms with Crippen LogP contribution in [-0.2, 0) is 0 Å². The number of carbonyl (C=O) groups excluding carboxylic acids is 1. The fraction of sp³-hybridized carbons (Fsp3) is 0.174. The number of benzene rings is 2. The molecule has 0 aliphatic rings. The van der Waals surface area contributed by atoms with Gasteiger partial charge in [-0.3, -0.25) is 4.79 Å². The molecule has 2 aromatic carbocycles. The van der Waals surface area contributed by atoms with Crippen LogP contribution in [0.4, 0.5) is 4.39 Å². The molecular formula is C23H20FN3O3. The van der Waals surface area contributed by atoms with Gasteiger partial charge in [-0.1, -0.05) is 17.3 Å². The molecule has 0 fully saturated rings. The Morgan fingerprint density at radius 3 is 2.50 bits per heavy atom. The number of fused-ring (bicyclic) bond motifs is 1. The molecule has 0 bridgehead atoms. The molecule has 152 valence electrons. The molecule has 1 atom stereocenters. The SMILES string of the molecule is COc1ccc([C@@H](C)NC(=O)c2cc(C)nc3onc(-c4ccc(F)cc4)c23)cc1. The van der Waals surface area contributed by atoms with E-state index >= 15 is 0 Å². The molecule has 4 aromatic rings. The molecule has 7 heteroatoms. The van der Waals surface area contributed by atoms with Crippen LogP contribution in [0.5, 0.6) is 5.75 Å². The van der Waals surface area contributed by atoms with Crippen LogP contribution in [0, 0.1) is 12.7 Å². The molecule has 0 aliphatic heterocycles. The second-order valence-corrected chi connectivity index (χ2v) is 7.00. The van der Waals surface area contributed by atoms with Gasteiger partial charge in [-0.25, -0.2) is 9.37 Å². The summed E-state index contributed by atoms with van der Waals surface area (Å²) in [4.78, 5) is 17.5.